The van der Waals surface area contributed by atoms with Crippen LogP contribution in [-0.2, 0) is 14.8 Å². The molecule has 1 N–H and O–H groups in total. The predicted octanol–water partition coefficient (Wildman–Crippen LogP) is 3.16. The Morgan fingerprint density at radius 2 is 2.03 bits per heavy atom. The van der Waals surface area contributed by atoms with Gasteiger partial charge in [0.05, 0.1) is 20.1 Å². The molecule has 1 aliphatic rings. The monoisotopic (exact) mass is 492 g/mol. The number of carbonyl (C=O) groups excluding carboxylic acids is 1. The third kappa shape index (κ3) is 4.87. The molecule has 0 saturated carbocycles. The highest BCUT2D eigenvalue weighted by Gasteiger charge is 2.34. The molecular formula is C21H24N4O6S2. The summed E-state index contributed by atoms with van der Waals surface area (Å²) in [6, 6.07) is 6.62. The lowest BCUT2D eigenvalue weighted by Gasteiger charge is -2.30. The first-order valence-electron chi connectivity index (χ1n) is 10.2. The molecule has 3 heterocycles. The Hall–Kier alpha value is -2.96. The van der Waals surface area contributed by atoms with Crippen molar-refractivity contribution in [1.82, 2.24) is 14.4 Å². The molecule has 0 bridgehead atoms. The number of aryl methyl sites for hydroxylation is 1. The summed E-state index contributed by atoms with van der Waals surface area (Å²) in [6.07, 6.45) is 1.19. The Morgan fingerprint density at radius 3 is 2.73 bits per heavy atom. The van der Waals surface area contributed by atoms with Crippen LogP contribution in [0.5, 0.6) is 11.5 Å². The van der Waals surface area contributed by atoms with E-state index in [0.717, 1.165) is 11.3 Å². The Kier molecular flexibility index (Phi) is 6.68. The summed E-state index contributed by atoms with van der Waals surface area (Å²) < 4.78 is 43.5. The van der Waals surface area contributed by atoms with E-state index in [0.29, 0.717) is 53.9 Å². The molecular weight excluding hydrogens is 468 g/mol. The van der Waals surface area contributed by atoms with Crippen LogP contribution in [0.2, 0.25) is 0 Å². The van der Waals surface area contributed by atoms with Crippen molar-refractivity contribution in [3.05, 3.63) is 35.5 Å². The number of hydrogen-bond donors (Lipinski definition) is 1. The third-order valence-electron chi connectivity index (χ3n) is 5.36. The smallest absolute Gasteiger partial charge is 0.252 e. The fourth-order valence-electron chi connectivity index (χ4n) is 3.65. The first-order chi connectivity index (χ1) is 15.8. The van der Waals surface area contributed by atoms with Gasteiger partial charge in [-0.1, -0.05) is 5.16 Å². The van der Waals surface area contributed by atoms with Gasteiger partial charge >= 0.3 is 0 Å². The number of piperidine rings is 1. The molecule has 3 aromatic rings. The number of benzene rings is 1. The number of methoxy groups -OCH3 is 2. The minimum Gasteiger partial charge on any atom is -0.493 e. The summed E-state index contributed by atoms with van der Waals surface area (Å²) in [5.74, 6) is 1.08. The van der Waals surface area contributed by atoms with Crippen molar-refractivity contribution in [2.24, 2.45) is 5.92 Å². The molecule has 1 unspecified atom stereocenters. The minimum atomic E-state index is -3.75. The molecule has 12 heteroatoms. The maximum Gasteiger partial charge on any atom is 0.252 e. The molecule has 1 amide bonds. The lowest BCUT2D eigenvalue weighted by molar-refractivity contribution is -0.120. The zero-order valence-corrected chi connectivity index (χ0v) is 20.0. The first kappa shape index (κ1) is 23.2. The number of nitrogens with zero attached hydrogens (tertiary/aromatic N) is 3. The predicted molar refractivity (Wildman–Crippen MR) is 122 cm³/mol. The third-order valence-corrected chi connectivity index (χ3v) is 8.64. The van der Waals surface area contributed by atoms with Gasteiger partial charge in [0.2, 0.25) is 17.6 Å². The summed E-state index contributed by atoms with van der Waals surface area (Å²) in [5, 5.41) is 8.37. The maximum atomic E-state index is 13.2. The van der Waals surface area contributed by atoms with Crippen LogP contribution in [-0.4, -0.2) is 56.1 Å². The Balaban J connectivity index is 1.46. The summed E-state index contributed by atoms with van der Waals surface area (Å²) >= 11 is 1.10. The summed E-state index contributed by atoms with van der Waals surface area (Å²) in [5.41, 5.74) is 1.13. The Morgan fingerprint density at radius 1 is 1.24 bits per heavy atom. The van der Waals surface area contributed by atoms with E-state index >= 15 is 0 Å². The molecule has 33 heavy (non-hydrogen) atoms. The molecule has 1 aliphatic heterocycles. The normalized spacial score (nSPS) is 17.0. The molecule has 2 aromatic heterocycles. The fraction of sp³-hybridized carbons (Fsp3) is 0.381. The number of aromatic nitrogens is 2. The molecule has 0 aliphatic carbocycles. The number of thiophene rings is 1. The van der Waals surface area contributed by atoms with Crippen molar-refractivity contribution in [2.45, 2.75) is 24.0 Å². The van der Waals surface area contributed by atoms with Gasteiger partial charge in [0.1, 0.15) is 4.21 Å². The summed E-state index contributed by atoms with van der Waals surface area (Å²) in [4.78, 5) is 17.0. The number of amides is 1. The Labute approximate surface area is 195 Å². The van der Waals surface area contributed by atoms with Crippen molar-refractivity contribution < 1.29 is 27.2 Å². The SMILES string of the molecule is COc1ccc(NC(=O)C2CCCN(S(=O)(=O)c3cc(-c4noc(C)n4)cs3)C2)cc1OC. The quantitative estimate of drug-likeness (QED) is 0.533. The first-order valence-corrected chi connectivity index (χ1v) is 12.6. The fourth-order valence-corrected chi connectivity index (χ4v) is 6.48. The molecule has 0 spiro atoms. The van der Waals surface area contributed by atoms with E-state index in [4.69, 9.17) is 14.0 Å². The number of rotatable bonds is 7. The standard InChI is InChI=1S/C21H24N4O6S2/c1-13-22-20(24-31-13)15-9-19(32-12-15)33(27,28)25-8-4-5-14(11-25)21(26)23-16-6-7-17(29-2)18(10-16)30-3/h6-7,9-10,12,14H,4-5,8,11H2,1-3H3,(H,23,26). The minimum absolute atomic E-state index is 0.107. The molecule has 1 saturated heterocycles. The summed E-state index contributed by atoms with van der Waals surface area (Å²) in [7, 11) is -0.701. The molecule has 4 rings (SSSR count). The van der Waals surface area contributed by atoms with Gasteiger partial charge < -0.3 is 19.3 Å². The van der Waals surface area contributed by atoms with Crippen molar-refractivity contribution in [2.75, 3.05) is 32.6 Å². The second-order valence-electron chi connectivity index (χ2n) is 7.55. The molecule has 0 radical (unpaired) electrons. The van der Waals surface area contributed by atoms with Gasteiger partial charge in [0, 0.05) is 42.7 Å². The van der Waals surface area contributed by atoms with Gasteiger partial charge in [0.25, 0.3) is 10.0 Å². The van der Waals surface area contributed by atoms with Crippen molar-refractivity contribution >= 4 is 33.0 Å². The van der Waals surface area contributed by atoms with E-state index < -0.39 is 15.9 Å². The zero-order chi connectivity index (χ0) is 23.6. The van der Waals surface area contributed by atoms with E-state index in [1.54, 1.807) is 30.5 Å². The van der Waals surface area contributed by atoms with Crippen LogP contribution < -0.4 is 14.8 Å². The number of carbonyl (C=O) groups is 1. The number of anilines is 1. The van der Waals surface area contributed by atoms with Crippen molar-refractivity contribution in [3.63, 3.8) is 0 Å². The number of nitrogens with one attached hydrogen (secondary N) is 1. The Bertz CT molecular complexity index is 1250. The molecule has 176 valence electrons. The van der Waals surface area contributed by atoms with Gasteiger partial charge in [-0.05, 0) is 31.0 Å². The lowest BCUT2D eigenvalue weighted by Crippen LogP contribution is -2.43. The lowest BCUT2D eigenvalue weighted by atomic mass is 9.98. The van der Waals surface area contributed by atoms with Crippen LogP contribution in [0.1, 0.15) is 18.7 Å². The van der Waals surface area contributed by atoms with Gasteiger partial charge in [0.15, 0.2) is 11.5 Å². The maximum absolute atomic E-state index is 13.2. The van der Waals surface area contributed by atoms with E-state index in [9.17, 15) is 13.2 Å². The van der Waals surface area contributed by atoms with Crippen LogP contribution >= 0.6 is 11.3 Å². The molecule has 10 nitrogen and oxygen atoms in total. The van der Waals surface area contributed by atoms with Crippen molar-refractivity contribution in [1.29, 1.82) is 0 Å². The zero-order valence-electron chi connectivity index (χ0n) is 18.4. The summed E-state index contributed by atoms with van der Waals surface area (Å²) in [6.45, 7) is 2.13. The highest BCUT2D eigenvalue weighted by Crippen LogP contribution is 2.33. The largest absolute Gasteiger partial charge is 0.493 e. The molecule has 1 atom stereocenters. The second-order valence-corrected chi connectivity index (χ2v) is 10.6. The second kappa shape index (κ2) is 9.49. The van der Waals surface area contributed by atoms with Crippen LogP contribution in [0.15, 0.2) is 38.4 Å². The number of hydrogen-bond acceptors (Lipinski definition) is 9. The number of ether oxygens (including phenoxy) is 2. The van der Waals surface area contributed by atoms with E-state index in [-0.39, 0.29) is 16.7 Å². The molecule has 1 aromatic carbocycles. The van der Waals surface area contributed by atoms with Crippen LogP contribution in [0.3, 0.4) is 0 Å². The van der Waals surface area contributed by atoms with E-state index in [2.05, 4.69) is 15.5 Å². The molecule has 1 fully saturated rings. The number of sulfonamides is 1. The topological polar surface area (TPSA) is 124 Å². The van der Waals surface area contributed by atoms with Crippen LogP contribution in [0, 0.1) is 12.8 Å². The average molecular weight is 493 g/mol. The van der Waals surface area contributed by atoms with Crippen LogP contribution in [0.4, 0.5) is 5.69 Å². The van der Waals surface area contributed by atoms with Gasteiger partial charge in [-0.3, -0.25) is 4.79 Å². The van der Waals surface area contributed by atoms with Crippen LogP contribution in [0.25, 0.3) is 11.4 Å². The highest BCUT2D eigenvalue weighted by atomic mass is 32.2. The van der Waals surface area contributed by atoms with E-state index in [1.807, 2.05) is 0 Å². The van der Waals surface area contributed by atoms with Crippen molar-refractivity contribution in [3.8, 4) is 22.9 Å². The van der Waals surface area contributed by atoms with Gasteiger partial charge in [-0.25, -0.2) is 8.42 Å². The van der Waals surface area contributed by atoms with Gasteiger partial charge in [-0.2, -0.15) is 9.29 Å². The average Bonchev–Trinajstić information content (AvgIpc) is 3.48. The van der Waals surface area contributed by atoms with E-state index in [1.165, 1.54) is 24.6 Å². The van der Waals surface area contributed by atoms with Gasteiger partial charge in [-0.15, -0.1) is 11.3 Å². The highest BCUT2D eigenvalue weighted by molar-refractivity contribution is 7.91.